The summed E-state index contributed by atoms with van der Waals surface area (Å²) in [5.41, 5.74) is 8.93. The van der Waals surface area contributed by atoms with Gasteiger partial charge in [0.15, 0.2) is 0 Å². The molecule has 0 aromatic rings. The predicted octanol–water partition coefficient (Wildman–Crippen LogP) is 4.98. The maximum absolute atomic E-state index is 14.4. The highest BCUT2D eigenvalue weighted by Gasteiger charge is 2.60. The largest absolute Gasteiger partial charge is 0.463 e. The van der Waals surface area contributed by atoms with Crippen LogP contribution in [0.4, 0.5) is 0 Å². The fourth-order valence-electron chi connectivity index (χ4n) is 9.13. The number of esters is 1. The van der Waals surface area contributed by atoms with Gasteiger partial charge in [-0.05, 0) is 87.5 Å². The number of amides is 1. The second kappa shape index (κ2) is 10.7. The van der Waals surface area contributed by atoms with Crippen molar-refractivity contribution in [3.05, 3.63) is 45.3 Å². The van der Waals surface area contributed by atoms with Gasteiger partial charge in [-0.15, -0.1) is 0 Å². The molecule has 8 heteroatoms. The molecular formula is C31H44ClN3O4. The van der Waals surface area contributed by atoms with E-state index in [9.17, 15) is 9.59 Å². The molecule has 5 atom stereocenters. The molecule has 1 aliphatic heterocycles. The maximum Gasteiger partial charge on any atom is 0.336 e. The Morgan fingerprint density at radius 2 is 1.87 bits per heavy atom. The minimum absolute atomic E-state index is 0.126. The predicted molar refractivity (Wildman–Crippen MR) is 152 cm³/mol. The second-order valence-electron chi connectivity index (χ2n) is 13.2. The summed E-state index contributed by atoms with van der Waals surface area (Å²) < 4.78 is 11.3. The molecule has 0 spiro atoms. The molecule has 4 saturated carbocycles. The lowest BCUT2D eigenvalue weighted by Gasteiger charge is -2.65. The van der Waals surface area contributed by atoms with Gasteiger partial charge in [-0.2, -0.15) is 0 Å². The van der Waals surface area contributed by atoms with Crippen LogP contribution < -0.4 is 16.4 Å². The van der Waals surface area contributed by atoms with E-state index in [1.54, 1.807) is 6.92 Å². The van der Waals surface area contributed by atoms with Crippen LogP contribution in [-0.2, 0) is 19.1 Å². The van der Waals surface area contributed by atoms with E-state index in [1.165, 1.54) is 19.3 Å². The van der Waals surface area contributed by atoms with Crippen molar-refractivity contribution < 1.29 is 19.1 Å². The van der Waals surface area contributed by atoms with Crippen LogP contribution in [0.3, 0.4) is 0 Å². The van der Waals surface area contributed by atoms with E-state index in [1.807, 2.05) is 13.0 Å². The SMILES string of the molecule is CCOC(=O)C1=C(COCCN)NC(C)=C(C(=O)NC23CC4C[C@@](C)(C2)C[C@](C)(C4)C3)C1C1=C(Cl)CCC=C1. The van der Waals surface area contributed by atoms with Gasteiger partial charge in [0.1, 0.15) is 0 Å². The molecule has 5 aliphatic carbocycles. The molecule has 0 aromatic carbocycles. The minimum atomic E-state index is -0.647. The Morgan fingerprint density at radius 3 is 2.49 bits per heavy atom. The lowest BCUT2D eigenvalue weighted by atomic mass is 9.42. The number of carbonyl (C=O) groups excluding carboxylic acids is 2. The van der Waals surface area contributed by atoms with Gasteiger partial charge in [0, 0.05) is 28.4 Å². The number of nitrogens with one attached hydrogen (secondary N) is 2. The Labute approximate surface area is 237 Å². The number of carbonyl (C=O) groups is 2. The summed E-state index contributed by atoms with van der Waals surface area (Å²) in [5.74, 6) is -0.596. The van der Waals surface area contributed by atoms with E-state index < -0.39 is 11.9 Å². The highest BCUT2D eigenvalue weighted by Crippen LogP contribution is 2.66. The van der Waals surface area contributed by atoms with Crippen molar-refractivity contribution >= 4 is 23.5 Å². The average Bonchev–Trinajstić information content (AvgIpc) is 2.81. The van der Waals surface area contributed by atoms with Crippen molar-refractivity contribution in [2.45, 2.75) is 84.6 Å². The summed E-state index contributed by atoms with van der Waals surface area (Å²) in [5, 5.41) is 7.58. The molecule has 6 rings (SSSR count). The Bertz CT molecular complexity index is 1150. The molecule has 214 valence electrons. The van der Waals surface area contributed by atoms with E-state index in [0.717, 1.165) is 31.3 Å². The highest BCUT2D eigenvalue weighted by molar-refractivity contribution is 6.30. The van der Waals surface area contributed by atoms with E-state index >= 15 is 0 Å². The second-order valence-corrected chi connectivity index (χ2v) is 13.7. The third-order valence-electron chi connectivity index (χ3n) is 9.35. The van der Waals surface area contributed by atoms with Crippen LogP contribution in [0.2, 0.25) is 0 Å². The maximum atomic E-state index is 14.4. The number of hydrogen-bond acceptors (Lipinski definition) is 6. The number of halogens is 1. The Kier molecular flexibility index (Phi) is 7.81. The van der Waals surface area contributed by atoms with Gasteiger partial charge in [0.25, 0.3) is 0 Å². The number of ether oxygens (including phenoxy) is 2. The molecule has 6 aliphatic rings. The van der Waals surface area contributed by atoms with Crippen LogP contribution in [0, 0.1) is 22.7 Å². The monoisotopic (exact) mass is 557 g/mol. The Morgan fingerprint density at radius 1 is 1.15 bits per heavy atom. The zero-order valence-corrected chi connectivity index (χ0v) is 24.6. The van der Waals surface area contributed by atoms with Crippen LogP contribution in [0.5, 0.6) is 0 Å². The summed E-state index contributed by atoms with van der Waals surface area (Å²) >= 11 is 6.82. The zero-order valence-electron chi connectivity index (χ0n) is 23.9. The van der Waals surface area contributed by atoms with Crippen molar-refractivity contribution in [3.8, 4) is 0 Å². The van der Waals surface area contributed by atoms with Gasteiger partial charge >= 0.3 is 5.97 Å². The first-order valence-electron chi connectivity index (χ1n) is 14.5. The molecule has 4 fully saturated rings. The first kappa shape index (κ1) is 28.4. The van der Waals surface area contributed by atoms with E-state index in [0.29, 0.717) is 53.1 Å². The van der Waals surface area contributed by atoms with Crippen LogP contribution in [-0.4, -0.2) is 43.8 Å². The number of nitrogens with two attached hydrogens (primary N) is 1. The Hall–Kier alpha value is -2.09. The zero-order chi connectivity index (χ0) is 28.0. The topological polar surface area (TPSA) is 103 Å². The number of rotatable bonds is 9. The average molecular weight is 558 g/mol. The van der Waals surface area contributed by atoms with Gasteiger partial charge in [0.2, 0.25) is 5.91 Å². The lowest BCUT2D eigenvalue weighted by Crippen LogP contribution is -2.65. The molecule has 3 unspecified atom stereocenters. The first-order chi connectivity index (χ1) is 18.5. The molecule has 39 heavy (non-hydrogen) atoms. The summed E-state index contributed by atoms with van der Waals surface area (Å²) in [6.07, 6.45) is 12.3. The molecule has 1 amide bonds. The van der Waals surface area contributed by atoms with Gasteiger partial charge in [-0.25, -0.2) is 4.79 Å². The molecule has 1 heterocycles. The summed E-state index contributed by atoms with van der Waals surface area (Å²) in [7, 11) is 0. The third kappa shape index (κ3) is 5.47. The van der Waals surface area contributed by atoms with Gasteiger partial charge in [0.05, 0.1) is 37.0 Å². The molecule has 4 N–H and O–H groups in total. The molecule has 4 bridgehead atoms. The van der Waals surface area contributed by atoms with Crippen molar-refractivity contribution in [2.75, 3.05) is 26.4 Å². The van der Waals surface area contributed by atoms with E-state index in [2.05, 4.69) is 30.6 Å². The van der Waals surface area contributed by atoms with E-state index in [4.69, 9.17) is 26.8 Å². The third-order valence-corrected chi connectivity index (χ3v) is 9.76. The van der Waals surface area contributed by atoms with Crippen LogP contribution in [0.15, 0.2) is 45.3 Å². The first-order valence-corrected chi connectivity index (χ1v) is 14.9. The Balaban J connectivity index is 1.55. The fraction of sp³-hybridized carbons (Fsp3) is 0.677. The van der Waals surface area contributed by atoms with Crippen LogP contribution in [0.25, 0.3) is 0 Å². The smallest absolute Gasteiger partial charge is 0.336 e. The summed E-state index contributed by atoms with van der Waals surface area (Å²) in [4.78, 5) is 28.0. The van der Waals surface area contributed by atoms with Crippen LogP contribution >= 0.6 is 11.6 Å². The van der Waals surface area contributed by atoms with Gasteiger partial charge in [-0.3, -0.25) is 4.79 Å². The lowest BCUT2D eigenvalue weighted by molar-refractivity contribution is -0.139. The molecule has 0 saturated heterocycles. The van der Waals surface area contributed by atoms with Gasteiger partial charge in [-0.1, -0.05) is 37.6 Å². The van der Waals surface area contributed by atoms with Crippen molar-refractivity contribution in [3.63, 3.8) is 0 Å². The molecule has 0 aromatic heterocycles. The summed E-state index contributed by atoms with van der Waals surface area (Å²) in [6, 6.07) is 0. The van der Waals surface area contributed by atoms with Crippen molar-refractivity contribution in [2.24, 2.45) is 28.4 Å². The van der Waals surface area contributed by atoms with Gasteiger partial charge < -0.3 is 25.8 Å². The quantitative estimate of drug-likeness (QED) is 0.273. The van der Waals surface area contributed by atoms with Crippen LogP contribution in [0.1, 0.15) is 79.1 Å². The minimum Gasteiger partial charge on any atom is -0.463 e. The molecule has 0 radical (unpaired) electrons. The molecule has 7 nitrogen and oxygen atoms in total. The van der Waals surface area contributed by atoms with Crippen molar-refractivity contribution in [1.29, 1.82) is 0 Å². The number of allylic oxidation sites excluding steroid dienone is 5. The summed E-state index contributed by atoms with van der Waals surface area (Å²) in [6.45, 7) is 9.59. The fourth-order valence-corrected chi connectivity index (χ4v) is 9.41. The standard InChI is InChI=1S/C31H44ClN3O4/c1-5-39-28(37)26-23(15-38-11-10-33)34-19(2)24(25(26)21-8-6-7-9-22(21)32)27(36)35-31-14-20-12-29(3,17-31)16-30(4,13-20)18-31/h6,8,20,25,34H,5,7,9-18,33H2,1-4H3,(H,35,36)/t20?,25?,29-,30+,31?. The number of dihydropyridines is 1. The van der Waals surface area contributed by atoms with Crippen molar-refractivity contribution in [1.82, 2.24) is 10.6 Å². The molecular weight excluding hydrogens is 514 g/mol. The normalized spacial score (nSPS) is 35.4. The van der Waals surface area contributed by atoms with E-state index in [-0.39, 0.29) is 35.5 Å². The number of hydrogen-bond donors (Lipinski definition) is 3. The highest BCUT2D eigenvalue weighted by atomic mass is 35.5.